The van der Waals surface area contributed by atoms with Gasteiger partial charge in [-0.2, -0.15) is 0 Å². The first kappa shape index (κ1) is 32.9. The highest BCUT2D eigenvalue weighted by Crippen LogP contribution is 2.39. The maximum Gasteiger partial charge on any atom is 0.341 e. The van der Waals surface area contributed by atoms with E-state index in [1.54, 1.807) is 48.7 Å². The van der Waals surface area contributed by atoms with Crippen molar-refractivity contribution in [2.75, 3.05) is 26.1 Å². The number of hydrogen-bond donors (Lipinski definition) is 2. The van der Waals surface area contributed by atoms with E-state index in [1.807, 2.05) is 0 Å². The smallest absolute Gasteiger partial charge is 0.341 e. The number of ether oxygens (including phenoxy) is 3. The van der Waals surface area contributed by atoms with Crippen molar-refractivity contribution >= 4 is 45.9 Å². The zero-order valence-electron chi connectivity index (χ0n) is 25.8. The molecular formula is C32H34FN5O6S2. The minimum atomic E-state index is -0.660. The Balaban J connectivity index is 1.36. The molecule has 11 nitrogen and oxygen atoms in total. The van der Waals surface area contributed by atoms with Crippen molar-refractivity contribution in [3.8, 4) is 17.2 Å². The maximum atomic E-state index is 13.8. The first-order valence-corrected chi connectivity index (χ1v) is 16.4. The maximum absolute atomic E-state index is 13.8. The second-order valence-corrected chi connectivity index (χ2v) is 12.8. The SMILES string of the molecule is CCOC(=O)c1c(NC(=O)C(C)Sc2nnc(CNC(=O)c3ccc(OC)c(OC)c3)n2-c2ccc(F)cc2)sc2c1CCCC2. The van der Waals surface area contributed by atoms with Crippen LogP contribution in [0.15, 0.2) is 47.6 Å². The summed E-state index contributed by atoms with van der Waals surface area (Å²) in [6.07, 6.45) is 3.64. The fraction of sp³-hybridized carbons (Fsp3) is 0.344. The Labute approximate surface area is 273 Å². The van der Waals surface area contributed by atoms with Gasteiger partial charge in [0, 0.05) is 16.1 Å². The number of thioether (sulfide) groups is 1. The number of anilines is 1. The van der Waals surface area contributed by atoms with Gasteiger partial charge in [0.25, 0.3) is 5.91 Å². The van der Waals surface area contributed by atoms with Gasteiger partial charge in [-0.3, -0.25) is 14.2 Å². The van der Waals surface area contributed by atoms with E-state index in [0.29, 0.717) is 44.3 Å². The van der Waals surface area contributed by atoms with E-state index in [0.717, 1.165) is 47.9 Å². The lowest BCUT2D eigenvalue weighted by Gasteiger charge is -2.15. The van der Waals surface area contributed by atoms with Crippen LogP contribution in [0, 0.1) is 5.82 Å². The molecule has 0 bridgehead atoms. The third kappa shape index (κ3) is 7.18. The molecule has 0 saturated carbocycles. The number of amides is 2. The van der Waals surface area contributed by atoms with Gasteiger partial charge in [0.1, 0.15) is 10.8 Å². The van der Waals surface area contributed by atoms with Gasteiger partial charge < -0.3 is 24.8 Å². The van der Waals surface area contributed by atoms with E-state index in [-0.39, 0.29) is 25.0 Å². The predicted molar refractivity (Wildman–Crippen MR) is 173 cm³/mol. The van der Waals surface area contributed by atoms with Crippen molar-refractivity contribution in [2.24, 2.45) is 0 Å². The Morgan fingerprint density at radius 2 is 1.78 bits per heavy atom. The fourth-order valence-electron chi connectivity index (χ4n) is 5.08. The highest BCUT2D eigenvalue weighted by Gasteiger charge is 2.29. The van der Waals surface area contributed by atoms with Crippen LogP contribution in [0.25, 0.3) is 5.69 Å². The van der Waals surface area contributed by atoms with Crippen molar-refractivity contribution in [3.63, 3.8) is 0 Å². The summed E-state index contributed by atoms with van der Waals surface area (Å²) in [4.78, 5) is 40.4. The lowest BCUT2D eigenvalue weighted by Crippen LogP contribution is -2.25. The van der Waals surface area contributed by atoms with Gasteiger partial charge in [-0.25, -0.2) is 9.18 Å². The number of methoxy groups -OCH3 is 2. The molecule has 1 unspecified atom stereocenters. The number of fused-ring (bicyclic) bond motifs is 1. The summed E-state index contributed by atoms with van der Waals surface area (Å²) >= 11 is 2.56. The summed E-state index contributed by atoms with van der Waals surface area (Å²) in [5.74, 6) is -0.297. The predicted octanol–water partition coefficient (Wildman–Crippen LogP) is 5.59. The van der Waals surface area contributed by atoms with Crippen LogP contribution in [0.2, 0.25) is 0 Å². The van der Waals surface area contributed by atoms with Crippen LogP contribution in [0.4, 0.5) is 9.39 Å². The normalized spacial score (nSPS) is 13.0. The minimum absolute atomic E-state index is 0.0116. The number of halogens is 1. The van der Waals surface area contributed by atoms with Gasteiger partial charge in [0.15, 0.2) is 22.5 Å². The monoisotopic (exact) mass is 667 g/mol. The molecule has 2 N–H and O–H groups in total. The number of hydrogen-bond acceptors (Lipinski definition) is 10. The largest absolute Gasteiger partial charge is 0.493 e. The van der Waals surface area contributed by atoms with E-state index >= 15 is 0 Å². The lowest BCUT2D eigenvalue weighted by atomic mass is 9.95. The zero-order chi connectivity index (χ0) is 32.8. The molecular weight excluding hydrogens is 634 g/mol. The summed E-state index contributed by atoms with van der Waals surface area (Å²) in [7, 11) is 2.99. The van der Waals surface area contributed by atoms with Crippen molar-refractivity contribution in [3.05, 3.63) is 75.7 Å². The summed E-state index contributed by atoms with van der Waals surface area (Å²) in [6, 6.07) is 10.6. The Hall–Kier alpha value is -4.43. The molecule has 2 heterocycles. The molecule has 1 atom stereocenters. The first-order chi connectivity index (χ1) is 22.2. The van der Waals surface area contributed by atoms with Gasteiger partial charge in [-0.1, -0.05) is 11.8 Å². The van der Waals surface area contributed by atoms with Crippen LogP contribution < -0.4 is 20.1 Å². The molecule has 0 radical (unpaired) electrons. The van der Waals surface area contributed by atoms with Crippen LogP contribution >= 0.6 is 23.1 Å². The van der Waals surface area contributed by atoms with Gasteiger partial charge in [-0.15, -0.1) is 21.5 Å². The number of thiophene rings is 1. The topological polar surface area (TPSA) is 134 Å². The second kappa shape index (κ2) is 14.8. The molecule has 2 aromatic heterocycles. The Bertz CT molecular complexity index is 1740. The van der Waals surface area contributed by atoms with Gasteiger partial charge >= 0.3 is 5.97 Å². The molecule has 14 heteroatoms. The lowest BCUT2D eigenvalue weighted by molar-refractivity contribution is -0.115. The number of carbonyl (C=O) groups excluding carboxylic acids is 3. The van der Waals surface area contributed by atoms with Crippen LogP contribution in [0.3, 0.4) is 0 Å². The zero-order valence-corrected chi connectivity index (χ0v) is 27.5. The first-order valence-electron chi connectivity index (χ1n) is 14.7. The van der Waals surface area contributed by atoms with Crippen LogP contribution in [-0.2, 0) is 28.9 Å². The van der Waals surface area contributed by atoms with E-state index in [4.69, 9.17) is 14.2 Å². The molecule has 2 aromatic carbocycles. The number of nitrogens with one attached hydrogen (secondary N) is 2. The quantitative estimate of drug-likeness (QED) is 0.147. The summed E-state index contributed by atoms with van der Waals surface area (Å²) in [5, 5.41) is 14.6. The number of rotatable bonds is 12. The number of aromatic nitrogens is 3. The molecule has 1 aliphatic rings. The third-order valence-corrected chi connectivity index (χ3v) is 9.63. The molecule has 242 valence electrons. The van der Waals surface area contributed by atoms with Crippen LogP contribution in [-0.4, -0.2) is 58.6 Å². The van der Waals surface area contributed by atoms with E-state index < -0.39 is 17.0 Å². The van der Waals surface area contributed by atoms with Crippen molar-refractivity contribution in [1.82, 2.24) is 20.1 Å². The van der Waals surface area contributed by atoms with Gasteiger partial charge in [0.2, 0.25) is 5.91 Å². The van der Waals surface area contributed by atoms with Crippen molar-refractivity contribution in [2.45, 2.75) is 56.5 Å². The number of esters is 1. The summed E-state index contributed by atoms with van der Waals surface area (Å²) < 4.78 is 31.4. The molecule has 0 fully saturated rings. The van der Waals surface area contributed by atoms with Gasteiger partial charge in [0.05, 0.1) is 38.2 Å². The standard InChI is InChI=1S/C32H34FN5O6S2/c1-5-44-31(41)27-22-8-6-7-9-25(22)46-30(27)35-28(39)18(2)45-32-37-36-26(38(32)21-13-11-20(33)12-14-21)17-34-29(40)19-10-15-23(42-3)24(16-19)43-4/h10-16,18H,5-9,17H2,1-4H3,(H,34,40)(H,35,39). The Morgan fingerprint density at radius 1 is 1.04 bits per heavy atom. The second-order valence-electron chi connectivity index (χ2n) is 10.3. The molecule has 5 rings (SSSR count). The Morgan fingerprint density at radius 3 is 2.50 bits per heavy atom. The summed E-state index contributed by atoms with van der Waals surface area (Å²) in [6.45, 7) is 3.70. The van der Waals surface area contributed by atoms with E-state index in [1.165, 1.54) is 37.7 Å². The molecule has 4 aromatic rings. The molecule has 0 saturated heterocycles. The average Bonchev–Trinajstić information content (AvgIpc) is 3.64. The highest BCUT2D eigenvalue weighted by atomic mass is 32.2. The minimum Gasteiger partial charge on any atom is -0.493 e. The number of nitrogens with zero attached hydrogens (tertiary/aromatic N) is 3. The van der Waals surface area contributed by atoms with Crippen LogP contribution in [0.1, 0.15) is 63.7 Å². The van der Waals surface area contributed by atoms with Crippen LogP contribution in [0.5, 0.6) is 11.5 Å². The number of benzene rings is 2. The highest BCUT2D eigenvalue weighted by molar-refractivity contribution is 8.00. The Kier molecular flexibility index (Phi) is 10.6. The van der Waals surface area contributed by atoms with Crippen molar-refractivity contribution < 1.29 is 33.0 Å². The number of carbonyl (C=O) groups is 3. The third-order valence-electron chi connectivity index (χ3n) is 7.38. The average molecular weight is 668 g/mol. The molecule has 0 spiro atoms. The van der Waals surface area contributed by atoms with Gasteiger partial charge in [-0.05, 0) is 87.6 Å². The number of aryl methyl sites for hydroxylation is 1. The molecule has 46 heavy (non-hydrogen) atoms. The molecule has 0 aliphatic heterocycles. The molecule has 1 aliphatic carbocycles. The van der Waals surface area contributed by atoms with E-state index in [2.05, 4.69) is 20.8 Å². The molecule has 2 amide bonds. The fourth-order valence-corrected chi connectivity index (χ4v) is 7.24. The summed E-state index contributed by atoms with van der Waals surface area (Å²) in [5.41, 5.74) is 2.30. The van der Waals surface area contributed by atoms with Crippen molar-refractivity contribution in [1.29, 1.82) is 0 Å². The van der Waals surface area contributed by atoms with E-state index in [9.17, 15) is 18.8 Å².